The predicted octanol–water partition coefficient (Wildman–Crippen LogP) is 0.254. The first-order chi connectivity index (χ1) is 3.39. The molecule has 0 aliphatic rings. The fourth-order valence-electron chi connectivity index (χ4n) is 0.398. The van der Waals surface area contributed by atoms with Crippen molar-refractivity contribution < 1.29 is 26.1 Å². The zero-order chi connectivity index (χ0) is 5.11. The third kappa shape index (κ3) is 1.55. The normalized spacial score (nSPS) is 8.86. The van der Waals surface area contributed by atoms with E-state index in [-0.39, 0.29) is 0 Å². The average Bonchev–Trinajstić information content (AvgIpc) is 1.69. The summed E-state index contributed by atoms with van der Waals surface area (Å²) >= 11 is 0.699. The first kappa shape index (κ1) is 5.23. The molecule has 0 fully saturated rings. The van der Waals surface area contributed by atoms with E-state index in [1.807, 2.05) is 18.3 Å². The number of aromatic nitrogens is 1. The molecule has 0 N–H and O–H groups in total. The summed E-state index contributed by atoms with van der Waals surface area (Å²) in [6.07, 6.45) is 1.84. The maximum absolute atomic E-state index is 4.07. The van der Waals surface area contributed by atoms with Crippen molar-refractivity contribution in [1.82, 2.24) is 4.98 Å². The Balaban J connectivity index is 3.02. The van der Waals surface area contributed by atoms with Crippen LogP contribution in [0.4, 0.5) is 0 Å². The Labute approximate surface area is 58.7 Å². The second-order valence-corrected chi connectivity index (χ2v) is 4.14. The molecule has 0 bridgehead atoms. The SMILES string of the molecule is [Hg][c]1ccccn1. The van der Waals surface area contributed by atoms with Crippen LogP contribution >= 0.6 is 0 Å². The molecule has 1 nitrogen and oxygen atoms in total. The van der Waals surface area contributed by atoms with Gasteiger partial charge in [-0.3, -0.25) is 0 Å². The van der Waals surface area contributed by atoms with Crippen LogP contribution in [0, 0.1) is 0 Å². The number of pyridine rings is 1. The number of hydrogen-bond acceptors (Lipinski definition) is 1. The van der Waals surface area contributed by atoms with Gasteiger partial charge in [0.1, 0.15) is 0 Å². The van der Waals surface area contributed by atoms with Crippen molar-refractivity contribution in [3.8, 4) is 0 Å². The summed E-state index contributed by atoms with van der Waals surface area (Å²) in [5.74, 6) is 0. The molecule has 0 unspecified atom stereocenters. The molecule has 1 aromatic heterocycles. The van der Waals surface area contributed by atoms with Gasteiger partial charge in [-0.05, 0) is 0 Å². The third-order valence-electron chi connectivity index (χ3n) is 0.726. The number of rotatable bonds is 0. The molecule has 0 saturated carbocycles. The van der Waals surface area contributed by atoms with Gasteiger partial charge in [0.15, 0.2) is 0 Å². The first-order valence-corrected chi connectivity index (χ1v) is 4.87. The summed E-state index contributed by atoms with van der Waals surface area (Å²) in [4.78, 5) is 4.07. The molecule has 1 rings (SSSR count). The molecule has 0 atom stereocenters. The molecule has 31 valence electrons. The first-order valence-electron chi connectivity index (χ1n) is 2.12. The van der Waals surface area contributed by atoms with Crippen molar-refractivity contribution >= 4 is 3.20 Å². The van der Waals surface area contributed by atoms with E-state index >= 15 is 0 Å². The van der Waals surface area contributed by atoms with Crippen molar-refractivity contribution in [3.63, 3.8) is 0 Å². The second-order valence-electron chi connectivity index (χ2n) is 1.32. The fourth-order valence-corrected chi connectivity index (χ4v) is 1.34. The fraction of sp³-hybridized carbons (Fsp3) is 0. The van der Waals surface area contributed by atoms with Crippen molar-refractivity contribution in [2.75, 3.05) is 0 Å². The zero-order valence-corrected chi connectivity index (χ0v) is 9.46. The van der Waals surface area contributed by atoms with Crippen molar-refractivity contribution in [3.05, 3.63) is 24.4 Å². The summed E-state index contributed by atoms with van der Waals surface area (Å²) < 4.78 is 1.27. The number of nitrogens with zero attached hydrogens (tertiary/aromatic N) is 1. The molecule has 0 aliphatic carbocycles. The van der Waals surface area contributed by atoms with Crippen LogP contribution in [0.25, 0.3) is 0 Å². The van der Waals surface area contributed by atoms with Gasteiger partial charge in [0.25, 0.3) is 0 Å². The Bertz CT molecular complexity index is 138. The van der Waals surface area contributed by atoms with E-state index in [0.717, 1.165) is 0 Å². The van der Waals surface area contributed by atoms with Gasteiger partial charge < -0.3 is 0 Å². The molecule has 0 amide bonds. The minimum atomic E-state index is 0.699. The average molecular weight is 279 g/mol. The molecule has 1 aromatic rings. The number of hydrogen-bond donors (Lipinski definition) is 0. The molecule has 0 saturated heterocycles. The Morgan fingerprint density at radius 2 is 2.29 bits per heavy atom. The maximum atomic E-state index is 4.07. The molecular weight excluding hydrogens is 275 g/mol. The van der Waals surface area contributed by atoms with Crippen LogP contribution < -0.4 is 3.20 Å². The van der Waals surface area contributed by atoms with Crippen molar-refractivity contribution in [2.24, 2.45) is 0 Å². The van der Waals surface area contributed by atoms with E-state index in [2.05, 4.69) is 11.1 Å². The quantitative estimate of drug-likeness (QED) is 0.620. The van der Waals surface area contributed by atoms with Gasteiger partial charge in [-0.25, -0.2) is 0 Å². The van der Waals surface area contributed by atoms with Gasteiger partial charge in [-0.2, -0.15) is 0 Å². The standard InChI is InChI=1S/C5H4N.Hg/c1-2-4-6-5-3-1;/h1-4H;. The summed E-state index contributed by atoms with van der Waals surface area (Å²) in [5.41, 5.74) is 0. The van der Waals surface area contributed by atoms with Crippen LogP contribution in [0.2, 0.25) is 0 Å². The summed E-state index contributed by atoms with van der Waals surface area (Å²) in [6.45, 7) is 0. The molecule has 1 heterocycles. The van der Waals surface area contributed by atoms with Crippen LogP contribution in [0.5, 0.6) is 0 Å². The molecule has 0 radical (unpaired) electrons. The Morgan fingerprint density at radius 1 is 1.43 bits per heavy atom. The summed E-state index contributed by atoms with van der Waals surface area (Å²) in [6, 6.07) is 6.02. The van der Waals surface area contributed by atoms with E-state index in [1.54, 1.807) is 0 Å². The third-order valence-corrected chi connectivity index (χ3v) is 2.35. The minimum absolute atomic E-state index is 0.699. The van der Waals surface area contributed by atoms with Gasteiger partial charge in [0.2, 0.25) is 0 Å². The molecule has 0 aromatic carbocycles. The van der Waals surface area contributed by atoms with Gasteiger partial charge in [-0.1, -0.05) is 0 Å². The van der Waals surface area contributed by atoms with Crippen LogP contribution in [-0.2, 0) is 26.1 Å². The van der Waals surface area contributed by atoms with E-state index in [4.69, 9.17) is 0 Å². The molecule has 0 aliphatic heterocycles. The Hall–Kier alpha value is 0.0851. The van der Waals surface area contributed by atoms with E-state index in [0.29, 0.717) is 26.1 Å². The zero-order valence-electron chi connectivity index (χ0n) is 3.96. The Kier molecular flexibility index (Phi) is 1.80. The van der Waals surface area contributed by atoms with E-state index in [9.17, 15) is 0 Å². The Morgan fingerprint density at radius 3 is 2.57 bits per heavy atom. The van der Waals surface area contributed by atoms with Crippen molar-refractivity contribution in [2.45, 2.75) is 0 Å². The van der Waals surface area contributed by atoms with E-state index < -0.39 is 0 Å². The van der Waals surface area contributed by atoms with Gasteiger partial charge >= 0.3 is 58.7 Å². The van der Waals surface area contributed by atoms with E-state index in [1.165, 1.54) is 3.20 Å². The topological polar surface area (TPSA) is 12.9 Å². The van der Waals surface area contributed by atoms with Crippen LogP contribution in [0.15, 0.2) is 24.4 Å². The molecule has 0 spiro atoms. The summed E-state index contributed by atoms with van der Waals surface area (Å²) in [5, 5.41) is 0. The monoisotopic (exact) mass is 280 g/mol. The van der Waals surface area contributed by atoms with Crippen LogP contribution in [0.3, 0.4) is 0 Å². The van der Waals surface area contributed by atoms with Crippen LogP contribution in [0.1, 0.15) is 0 Å². The second kappa shape index (κ2) is 2.41. The molecular formula is C5H4HgN. The van der Waals surface area contributed by atoms with Gasteiger partial charge in [0.05, 0.1) is 0 Å². The van der Waals surface area contributed by atoms with Gasteiger partial charge in [-0.15, -0.1) is 0 Å². The van der Waals surface area contributed by atoms with Gasteiger partial charge in [0, 0.05) is 0 Å². The predicted molar refractivity (Wildman–Crippen MR) is 23.9 cm³/mol. The van der Waals surface area contributed by atoms with Crippen LogP contribution in [-0.4, -0.2) is 4.98 Å². The summed E-state index contributed by atoms with van der Waals surface area (Å²) in [7, 11) is 0. The van der Waals surface area contributed by atoms with Crippen molar-refractivity contribution in [1.29, 1.82) is 0 Å². The molecule has 7 heavy (non-hydrogen) atoms. The molecule has 2 heteroatoms.